The summed E-state index contributed by atoms with van der Waals surface area (Å²) in [5, 5.41) is 0. The van der Waals surface area contributed by atoms with Gasteiger partial charge in [-0.1, -0.05) is 0 Å². The summed E-state index contributed by atoms with van der Waals surface area (Å²) in [5.41, 5.74) is 2.01. The van der Waals surface area contributed by atoms with Crippen LogP contribution in [0.3, 0.4) is 0 Å². The highest BCUT2D eigenvalue weighted by molar-refractivity contribution is 7.89. The predicted octanol–water partition coefficient (Wildman–Crippen LogP) is -0.136. The highest BCUT2D eigenvalue weighted by atomic mass is 32.2. The van der Waals surface area contributed by atoms with E-state index in [9.17, 15) is 13.2 Å². The lowest BCUT2D eigenvalue weighted by molar-refractivity contribution is 0.0917. The van der Waals surface area contributed by atoms with Crippen molar-refractivity contribution in [3.05, 3.63) is 24.2 Å². The molecule has 0 fully saturated rings. The third kappa shape index (κ3) is 2.86. The summed E-state index contributed by atoms with van der Waals surface area (Å²) in [6.45, 7) is 1.46. The topological polar surface area (TPSA) is 88.4 Å². The van der Waals surface area contributed by atoms with Crippen LogP contribution in [0.2, 0.25) is 0 Å². The Morgan fingerprint density at radius 3 is 2.79 bits per heavy atom. The maximum absolute atomic E-state index is 11.1. The van der Waals surface area contributed by atoms with E-state index < -0.39 is 15.9 Å². The molecular weight excluding hydrogens is 208 g/mol. The van der Waals surface area contributed by atoms with Crippen molar-refractivity contribution in [2.75, 3.05) is 5.75 Å². The van der Waals surface area contributed by atoms with Gasteiger partial charge >= 0.3 is 5.91 Å². The third-order valence-corrected chi connectivity index (χ3v) is 2.62. The summed E-state index contributed by atoms with van der Waals surface area (Å²) in [7, 11) is -3.43. The van der Waals surface area contributed by atoms with Crippen molar-refractivity contribution in [1.82, 2.24) is 10.3 Å². The van der Waals surface area contributed by atoms with E-state index in [0.29, 0.717) is 0 Å². The fourth-order valence-electron chi connectivity index (χ4n) is 0.666. The Kier molecular flexibility index (Phi) is 3.26. The second-order valence-electron chi connectivity index (χ2n) is 2.44. The van der Waals surface area contributed by atoms with Crippen molar-refractivity contribution in [1.29, 1.82) is 0 Å². The Bertz CT molecular complexity index is 395. The Labute approximate surface area is 81.3 Å². The van der Waals surface area contributed by atoms with Gasteiger partial charge in [0.1, 0.15) is 0 Å². The van der Waals surface area contributed by atoms with Gasteiger partial charge in [0.05, 0.1) is 12.0 Å². The molecule has 0 aliphatic rings. The summed E-state index contributed by atoms with van der Waals surface area (Å²) in [6, 6.07) is 2.96. The number of carbonyl (C=O) groups excluding carboxylic acids is 1. The molecule has 7 heteroatoms. The zero-order chi connectivity index (χ0) is 10.6. The molecule has 0 saturated carbocycles. The molecule has 0 aliphatic heterocycles. The molecule has 6 nitrogen and oxygen atoms in total. The first-order valence-corrected chi connectivity index (χ1v) is 5.53. The van der Waals surface area contributed by atoms with Crippen LogP contribution in [0.15, 0.2) is 22.8 Å². The summed E-state index contributed by atoms with van der Waals surface area (Å²) in [6.07, 6.45) is 1.32. The van der Waals surface area contributed by atoms with Gasteiger partial charge in [0.2, 0.25) is 10.0 Å². The first kappa shape index (κ1) is 10.7. The van der Waals surface area contributed by atoms with Gasteiger partial charge in [-0.05, 0) is 19.1 Å². The normalized spacial score (nSPS) is 11.2. The molecule has 78 valence electrons. The van der Waals surface area contributed by atoms with Gasteiger partial charge in [0, 0.05) is 0 Å². The van der Waals surface area contributed by atoms with Crippen LogP contribution >= 0.6 is 0 Å². The minimum atomic E-state index is -3.43. The first-order chi connectivity index (χ1) is 6.55. The number of hydrogen-bond acceptors (Lipinski definition) is 4. The summed E-state index contributed by atoms with van der Waals surface area (Å²) < 4.78 is 26.6. The minimum absolute atomic E-state index is 0.0452. The second-order valence-corrected chi connectivity index (χ2v) is 4.45. The van der Waals surface area contributed by atoms with Crippen LogP contribution in [0.5, 0.6) is 0 Å². The number of sulfonamides is 1. The number of nitrogens with one attached hydrogen (secondary N) is 2. The molecule has 1 amide bonds. The first-order valence-electron chi connectivity index (χ1n) is 3.88. The van der Waals surface area contributed by atoms with Crippen LogP contribution < -0.4 is 10.3 Å². The van der Waals surface area contributed by atoms with Gasteiger partial charge in [-0.2, -0.15) is 0 Å². The molecule has 1 aromatic heterocycles. The molecule has 2 N–H and O–H groups in total. The Morgan fingerprint density at radius 1 is 1.57 bits per heavy atom. The molecule has 1 aromatic rings. The maximum Gasteiger partial charge on any atom is 0.301 e. The molecule has 0 bridgehead atoms. The van der Waals surface area contributed by atoms with Crippen molar-refractivity contribution in [2.24, 2.45) is 0 Å². The lowest BCUT2D eigenvalue weighted by Gasteiger charge is -2.04. The lowest BCUT2D eigenvalue weighted by Crippen LogP contribution is -2.42. The van der Waals surface area contributed by atoms with Crippen LogP contribution in [0, 0.1) is 0 Å². The number of furan rings is 1. The van der Waals surface area contributed by atoms with Gasteiger partial charge in [-0.3, -0.25) is 10.2 Å². The smallest absolute Gasteiger partial charge is 0.301 e. The molecule has 0 radical (unpaired) electrons. The number of hydrazine groups is 1. The average molecular weight is 218 g/mol. The van der Waals surface area contributed by atoms with Crippen LogP contribution in [0.1, 0.15) is 17.5 Å². The third-order valence-electron chi connectivity index (χ3n) is 1.45. The molecule has 0 aliphatic carbocycles. The number of rotatable bonds is 4. The van der Waals surface area contributed by atoms with Crippen molar-refractivity contribution in [3.8, 4) is 0 Å². The molecule has 1 rings (SSSR count). The van der Waals surface area contributed by atoms with Crippen LogP contribution in [0.25, 0.3) is 0 Å². The Morgan fingerprint density at radius 2 is 2.29 bits per heavy atom. The molecule has 0 spiro atoms. The molecular formula is C7H10N2O4S. The van der Waals surface area contributed by atoms with E-state index in [1.54, 1.807) is 0 Å². The standard InChI is InChI=1S/C7H10N2O4S/c1-2-14(11,12)9-8-7(10)6-4-3-5-13-6/h3-5,9H,2H2,1H3,(H,8,10). The summed E-state index contributed by atoms with van der Waals surface area (Å²) in [5.74, 6) is -0.693. The maximum atomic E-state index is 11.1. The average Bonchev–Trinajstić information content (AvgIpc) is 2.67. The largest absolute Gasteiger partial charge is 0.459 e. The number of hydrogen-bond donors (Lipinski definition) is 2. The Hall–Kier alpha value is -1.34. The summed E-state index contributed by atoms with van der Waals surface area (Å²) in [4.78, 5) is 13.0. The van der Waals surface area contributed by atoms with Crippen molar-refractivity contribution in [2.45, 2.75) is 6.92 Å². The molecule has 0 unspecified atom stereocenters. The van der Waals surface area contributed by atoms with E-state index in [1.165, 1.54) is 25.3 Å². The van der Waals surface area contributed by atoms with E-state index in [1.807, 2.05) is 10.3 Å². The van der Waals surface area contributed by atoms with Gasteiger partial charge in [-0.15, -0.1) is 4.83 Å². The highest BCUT2D eigenvalue weighted by Crippen LogP contribution is 1.98. The quantitative estimate of drug-likeness (QED) is 0.689. The van der Waals surface area contributed by atoms with Crippen LogP contribution in [-0.2, 0) is 10.0 Å². The number of carbonyl (C=O) groups is 1. The fraction of sp³-hybridized carbons (Fsp3) is 0.286. The highest BCUT2D eigenvalue weighted by Gasteiger charge is 2.11. The SMILES string of the molecule is CCS(=O)(=O)NNC(=O)c1ccco1. The van der Waals surface area contributed by atoms with E-state index in [-0.39, 0.29) is 11.5 Å². The molecule has 1 heterocycles. The van der Waals surface area contributed by atoms with Gasteiger partial charge in [-0.25, -0.2) is 8.42 Å². The van der Waals surface area contributed by atoms with Gasteiger partial charge < -0.3 is 4.42 Å². The van der Waals surface area contributed by atoms with E-state index in [0.717, 1.165) is 0 Å². The zero-order valence-electron chi connectivity index (χ0n) is 7.48. The fourth-order valence-corrected chi connectivity index (χ4v) is 1.06. The minimum Gasteiger partial charge on any atom is -0.459 e. The monoisotopic (exact) mass is 218 g/mol. The predicted molar refractivity (Wildman–Crippen MR) is 48.8 cm³/mol. The second kappa shape index (κ2) is 4.25. The van der Waals surface area contributed by atoms with Crippen molar-refractivity contribution >= 4 is 15.9 Å². The molecule has 0 aromatic carbocycles. The molecule has 14 heavy (non-hydrogen) atoms. The van der Waals surface area contributed by atoms with Crippen LogP contribution in [-0.4, -0.2) is 20.1 Å². The summed E-state index contributed by atoms with van der Waals surface area (Å²) >= 11 is 0. The van der Waals surface area contributed by atoms with Gasteiger partial charge in [0.25, 0.3) is 0 Å². The lowest BCUT2D eigenvalue weighted by atomic mass is 10.4. The van der Waals surface area contributed by atoms with E-state index in [2.05, 4.69) is 0 Å². The van der Waals surface area contributed by atoms with Crippen molar-refractivity contribution < 1.29 is 17.6 Å². The van der Waals surface area contributed by atoms with E-state index >= 15 is 0 Å². The molecule has 0 saturated heterocycles. The zero-order valence-corrected chi connectivity index (χ0v) is 8.30. The number of amides is 1. The Balaban J connectivity index is 2.52. The van der Waals surface area contributed by atoms with Crippen molar-refractivity contribution in [3.63, 3.8) is 0 Å². The van der Waals surface area contributed by atoms with Gasteiger partial charge in [0.15, 0.2) is 5.76 Å². The molecule has 0 atom stereocenters. The van der Waals surface area contributed by atoms with E-state index in [4.69, 9.17) is 4.42 Å². The van der Waals surface area contributed by atoms with Crippen LogP contribution in [0.4, 0.5) is 0 Å².